The van der Waals surface area contributed by atoms with Crippen LogP contribution in [0.2, 0.25) is 0 Å². The van der Waals surface area contributed by atoms with Gasteiger partial charge in [-0.2, -0.15) is 0 Å². The van der Waals surface area contributed by atoms with Gasteiger partial charge in [-0.25, -0.2) is 13.4 Å². The Balaban J connectivity index is 2.67. The summed E-state index contributed by atoms with van der Waals surface area (Å²) < 4.78 is 26.0. The lowest BCUT2D eigenvalue weighted by Gasteiger charge is -2.15. The molecule has 0 N–H and O–H groups in total. The average Bonchev–Trinajstić information content (AvgIpc) is 2.77. The van der Waals surface area contributed by atoms with Gasteiger partial charge in [-0.15, -0.1) is 0 Å². The van der Waals surface area contributed by atoms with Gasteiger partial charge in [0.2, 0.25) is 0 Å². The van der Waals surface area contributed by atoms with Gasteiger partial charge >= 0.3 is 0 Å². The molecule has 1 aliphatic heterocycles. The summed E-state index contributed by atoms with van der Waals surface area (Å²) >= 11 is 3.07. The monoisotopic (exact) mass is 334 g/mol. The van der Waals surface area contributed by atoms with E-state index >= 15 is 0 Å². The Labute approximate surface area is 115 Å². The Hall–Kier alpha value is -0.690. The molecule has 0 saturated carbocycles. The van der Waals surface area contributed by atoms with Crippen LogP contribution >= 0.6 is 15.9 Å². The predicted octanol–water partition coefficient (Wildman–Crippen LogP) is 1.59. The molecular formula is C11H15BrN2O3S. The Kier molecular flexibility index (Phi) is 3.91. The van der Waals surface area contributed by atoms with E-state index in [1.165, 1.54) is 0 Å². The summed E-state index contributed by atoms with van der Waals surface area (Å²) in [6.07, 6.45) is 2.66. The first-order valence-corrected chi connectivity index (χ1v) is 8.70. The molecule has 1 aliphatic rings. The third-order valence-electron chi connectivity index (χ3n) is 3.09. The van der Waals surface area contributed by atoms with Gasteiger partial charge in [-0.05, 0) is 12.8 Å². The normalized spacial score (nSPS) is 15.4. The zero-order valence-corrected chi connectivity index (χ0v) is 12.6. The van der Waals surface area contributed by atoms with E-state index in [9.17, 15) is 13.2 Å². The summed E-state index contributed by atoms with van der Waals surface area (Å²) in [5, 5.41) is 0.208. The summed E-state index contributed by atoms with van der Waals surface area (Å²) in [6, 6.07) is 0. The van der Waals surface area contributed by atoms with Crippen molar-refractivity contribution in [1.29, 1.82) is 0 Å². The number of aryl methyl sites for hydroxylation is 1. The summed E-state index contributed by atoms with van der Waals surface area (Å²) in [5.41, 5.74) is 0.102. The third-order valence-corrected chi connectivity index (χ3v) is 5.36. The van der Waals surface area contributed by atoms with Crippen molar-refractivity contribution >= 4 is 31.6 Å². The smallest absolute Gasteiger partial charge is 0.195 e. The summed E-state index contributed by atoms with van der Waals surface area (Å²) in [4.78, 5) is 16.1. The molecule has 7 heteroatoms. The molecule has 5 nitrogen and oxygen atoms in total. The number of carbonyl (C=O) groups excluding carboxylic acids is 1. The topological polar surface area (TPSA) is 69.0 Å². The zero-order chi connectivity index (χ0) is 13.3. The standard InChI is InChI=1S/C11H15BrN2O3S/c1-2-18(16,17)11-10(8(15)7-12)13-9-5-3-4-6-14(9)11/h2-7H2,1H3. The van der Waals surface area contributed by atoms with E-state index in [4.69, 9.17) is 0 Å². The number of rotatable bonds is 4. The molecule has 0 radical (unpaired) electrons. The van der Waals surface area contributed by atoms with Crippen molar-refractivity contribution in [3.8, 4) is 0 Å². The van der Waals surface area contributed by atoms with E-state index < -0.39 is 9.84 Å². The highest BCUT2D eigenvalue weighted by molar-refractivity contribution is 9.09. The Bertz CT molecular complexity index is 577. The number of hydrogen-bond acceptors (Lipinski definition) is 4. The van der Waals surface area contributed by atoms with Gasteiger partial charge in [0.15, 0.2) is 20.6 Å². The lowest BCUT2D eigenvalue weighted by Crippen LogP contribution is -2.18. The molecule has 0 fully saturated rings. The molecule has 0 aliphatic carbocycles. The molecule has 0 saturated heterocycles. The number of halogens is 1. The number of carbonyl (C=O) groups is 1. The Morgan fingerprint density at radius 2 is 2.17 bits per heavy atom. The van der Waals surface area contributed by atoms with Gasteiger partial charge in [0.1, 0.15) is 11.5 Å². The molecule has 0 amide bonds. The van der Waals surface area contributed by atoms with Crippen LogP contribution in [0.5, 0.6) is 0 Å². The van der Waals surface area contributed by atoms with E-state index in [2.05, 4.69) is 20.9 Å². The maximum absolute atomic E-state index is 12.1. The van der Waals surface area contributed by atoms with Crippen LogP contribution in [0.4, 0.5) is 0 Å². The van der Waals surface area contributed by atoms with Crippen molar-refractivity contribution in [3.63, 3.8) is 0 Å². The number of fused-ring (bicyclic) bond motifs is 1. The first kappa shape index (κ1) is 13.7. The largest absolute Gasteiger partial charge is 0.318 e. The first-order valence-electron chi connectivity index (χ1n) is 5.92. The fourth-order valence-corrected chi connectivity index (χ4v) is 3.68. The second-order valence-electron chi connectivity index (χ2n) is 4.25. The van der Waals surface area contributed by atoms with Crippen molar-refractivity contribution < 1.29 is 13.2 Å². The molecular weight excluding hydrogens is 320 g/mol. The zero-order valence-electron chi connectivity index (χ0n) is 10.1. The highest BCUT2D eigenvalue weighted by atomic mass is 79.9. The molecule has 18 heavy (non-hydrogen) atoms. The van der Waals surface area contributed by atoms with Crippen molar-refractivity contribution in [2.75, 3.05) is 11.1 Å². The summed E-state index contributed by atoms with van der Waals surface area (Å²) in [6.45, 7) is 2.22. The average molecular weight is 335 g/mol. The number of alkyl halides is 1. The Morgan fingerprint density at radius 3 is 2.78 bits per heavy atom. The fraction of sp³-hybridized carbons (Fsp3) is 0.636. The van der Waals surface area contributed by atoms with Crippen LogP contribution in [0.1, 0.15) is 36.1 Å². The quantitative estimate of drug-likeness (QED) is 0.619. The molecule has 1 aromatic rings. The van der Waals surface area contributed by atoms with Gasteiger partial charge in [0.05, 0.1) is 11.1 Å². The van der Waals surface area contributed by atoms with Crippen LogP contribution in [0.15, 0.2) is 5.03 Å². The third kappa shape index (κ3) is 2.25. The molecule has 0 unspecified atom stereocenters. The first-order chi connectivity index (χ1) is 8.51. The number of aromatic nitrogens is 2. The molecule has 0 atom stereocenters. The number of hydrogen-bond donors (Lipinski definition) is 0. The SMILES string of the molecule is CCS(=O)(=O)c1c(C(=O)CBr)nc2n1CCCC2. The van der Waals surface area contributed by atoms with Crippen molar-refractivity contribution in [1.82, 2.24) is 9.55 Å². The minimum absolute atomic E-state index is 0.0132. The van der Waals surface area contributed by atoms with E-state index in [-0.39, 0.29) is 27.6 Å². The number of Topliss-reactive ketones (excluding diaryl/α,β-unsaturated/α-hetero) is 1. The maximum atomic E-state index is 12.1. The van der Waals surface area contributed by atoms with E-state index in [0.717, 1.165) is 25.1 Å². The summed E-state index contributed by atoms with van der Waals surface area (Å²) in [7, 11) is -3.42. The van der Waals surface area contributed by atoms with Crippen molar-refractivity contribution in [2.24, 2.45) is 0 Å². The van der Waals surface area contributed by atoms with Gasteiger partial charge in [0, 0.05) is 13.0 Å². The second-order valence-corrected chi connectivity index (χ2v) is 7.01. The second kappa shape index (κ2) is 5.13. The highest BCUT2D eigenvalue weighted by Crippen LogP contribution is 2.25. The molecule has 0 spiro atoms. The van der Waals surface area contributed by atoms with Gasteiger partial charge in [-0.1, -0.05) is 22.9 Å². The van der Waals surface area contributed by atoms with Crippen LogP contribution in [-0.4, -0.2) is 34.8 Å². The van der Waals surface area contributed by atoms with E-state index in [0.29, 0.717) is 6.54 Å². The molecule has 0 aromatic carbocycles. The minimum Gasteiger partial charge on any atom is -0.318 e. The van der Waals surface area contributed by atoms with Crippen LogP contribution in [0.25, 0.3) is 0 Å². The van der Waals surface area contributed by atoms with Crippen LogP contribution in [0.3, 0.4) is 0 Å². The number of sulfone groups is 1. The molecule has 2 heterocycles. The predicted molar refractivity (Wildman–Crippen MR) is 71.0 cm³/mol. The molecule has 1 aromatic heterocycles. The van der Waals surface area contributed by atoms with Crippen LogP contribution < -0.4 is 0 Å². The van der Waals surface area contributed by atoms with Gasteiger partial charge in [-0.3, -0.25) is 4.79 Å². The molecule has 100 valence electrons. The number of nitrogens with zero attached hydrogens (tertiary/aromatic N) is 2. The highest BCUT2D eigenvalue weighted by Gasteiger charge is 2.30. The fourth-order valence-electron chi connectivity index (χ4n) is 2.15. The van der Waals surface area contributed by atoms with E-state index in [1.807, 2.05) is 0 Å². The maximum Gasteiger partial charge on any atom is 0.195 e. The number of ketones is 1. The van der Waals surface area contributed by atoms with Crippen molar-refractivity contribution in [2.45, 2.75) is 37.8 Å². The van der Waals surface area contributed by atoms with Crippen LogP contribution in [-0.2, 0) is 22.8 Å². The number of imidazole rings is 1. The molecule has 0 bridgehead atoms. The van der Waals surface area contributed by atoms with E-state index in [1.54, 1.807) is 11.5 Å². The van der Waals surface area contributed by atoms with Crippen molar-refractivity contribution in [3.05, 3.63) is 11.5 Å². The van der Waals surface area contributed by atoms with Gasteiger partial charge < -0.3 is 4.57 Å². The molecule has 2 rings (SSSR count). The lowest BCUT2D eigenvalue weighted by molar-refractivity contribution is 0.101. The lowest BCUT2D eigenvalue weighted by atomic mass is 10.2. The van der Waals surface area contributed by atoms with Gasteiger partial charge in [0.25, 0.3) is 0 Å². The summed E-state index contributed by atoms with van der Waals surface area (Å²) in [5.74, 6) is 0.433. The Morgan fingerprint density at radius 1 is 1.44 bits per heavy atom. The minimum atomic E-state index is -3.42. The van der Waals surface area contributed by atoms with Crippen LogP contribution in [0, 0.1) is 0 Å².